The Labute approximate surface area is 187 Å². The van der Waals surface area contributed by atoms with Crippen molar-refractivity contribution >= 4 is 41.7 Å². The molecular formula is C20H40IN3O2S. The lowest BCUT2D eigenvalue weighted by Gasteiger charge is -2.36. The standard InChI is InChI=1S/C20H39N3O2S.HI/c1-4-21-18(23-17-20(26-3)11-14-25-15-12-20)22-16-19(8-6-7-9-19)10-13-24-5-2;/h4-17H2,1-3H3,(H2,21,22,23);1H. The summed E-state index contributed by atoms with van der Waals surface area (Å²) in [4.78, 5) is 4.99. The molecule has 1 aliphatic heterocycles. The van der Waals surface area contributed by atoms with Gasteiger partial charge in [0.15, 0.2) is 5.96 Å². The second-order valence-corrected chi connectivity index (χ2v) is 8.98. The topological polar surface area (TPSA) is 54.9 Å². The van der Waals surface area contributed by atoms with Gasteiger partial charge in [0.05, 0.1) is 0 Å². The average molecular weight is 514 g/mol. The maximum absolute atomic E-state index is 5.64. The van der Waals surface area contributed by atoms with Gasteiger partial charge in [0.2, 0.25) is 0 Å². The Balaban J connectivity index is 0.00000364. The van der Waals surface area contributed by atoms with Crippen molar-refractivity contribution < 1.29 is 9.47 Å². The van der Waals surface area contributed by atoms with Crippen LogP contribution in [-0.4, -0.2) is 63.0 Å². The maximum Gasteiger partial charge on any atom is 0.191 e. The SMILES string of the molecule is CCNC(=NCC1(CCOCC)CCCC1)NCC1(SC)CCOCC1.I. The molecule has 1 saturated heterocycles. The van der Waals surface area contributed by atoms with Gasteiger partial charge in [-0.05, 0) is 57.6 Å². The largest absolute Gasteiger partial charge is 0.382 e. The number of aliphatic imine (C=N–C) groups is 1. The summed E-state index contributed by atoms with van der Waals surface area (Å²) in [5.74, 6) is 0.968. The van der Waals surface area contributed by atoms with Crippen LogP contribution in [0.2, 0.25) is 0 Å². The fourth-order valence-electron chi connectivity index (χ4n) is 4.07. The van der Waals surface area contributed by atoms with E-state index in [0.717, 1.165) is 71.3 Å². The van der Waals surface area contributed by atoms with Gasteiger partial charge in [-0.2, -0.15) is 11.8 Å². The van der Waals surface area contributed by atoms with E-state index in [4.69, 9.17) is 14.5 Å². The summed E-state index contributed by atoms with van der Waals surface area (Å²) in [7, 11) is 0. The van der Waals surface area contributed by atoms with Crippen LogP contribution >= 0.6 is 35.7 Å². The van der Waals surface area contributed by atoms with Gasteiger partial charge in [0.25, 0.3) is 0 Å². The molecule has 27 heavy (non-hydrogen) atoms. The number of hydrogen-bond donors (Lipinski definition) is 2. The van der Waals surface area contributed by atoms with Gasteiger partial charge < -0.3 is 20.1 Å². The molecule has 0 aromatic rings. The fourth-order valence-corrected chi connectivity index (χ4v) is 4.87. The normalized spacial score (nSPS) is 21.5. The molecule has 0 spiro atoms. The quantitative estimate of drug-likeness (QED) is 0.200. The van der Waals surface area contributed by atoms with E-state index in [1.807, 2.05) is 11.8 Å². The molecule has 2 aliphatic rings. The highest BCUT2D eigenvalue weighted by Gasteiger charge is 2.34. The van der Waals surface area contributed by atoms with Crippen molar-refractivity contribution in [1.29, 1.82) is 0 Å². The summed E-state index contributed by atoms with van der Waals surface area (Å²) in [5.41, 5.74) is 0.341. The summed E-state index contributed by atoms with van der Waals surface area (Å²) < 4.78 is 11.5. The van der Waals surface area contributed by atoms with Crippen LogP contribution in [0, 0.1) is 5.41 Å². The third-order valence-electron chi connectivity index (χ3n) is 5.98. The van der Waals surface area contributed by atoms with Crippen LogP contribution in [0.4, 0.5) is 0 Å². The second-order valence-electron chi connectivity index (χ2n) is 7.70. The Hall–Kier alpha value is 0.270. The molecule has 7 heteroatoms. The Morgan fingerprint density at radius 1 is 1.11 bits per heavy atom. The van der Waals surface area contributed by atoms with Crippen LogP contribution in [0.3, 0.4) is 0 Å². The van der Waals surface area contributed by atoms with Gasteiger partial charge in [-0.15, -0.1) is 24.0 Å². The predicted molar refractivity (Wildman–Crippen MR) is 128 cm³/mol. The zero-order valence-electron chi connectivity index (χ0n) is 17.5. The van der Waals surface area contributed by atoms with E-state index in [1.54, 1.807) is 0 Å². The van der Waals surface area contributed by atoms with Gasteiger partial charge in [-0.3, -0.25) is 4.99 Å². The van der Waals surface area contributed by atoms with Crippen LogP contribution in [-0.2, 0) is 9.47 Å². The van der Waals surface area contributed by atoms with Crippen molar-refractivity contribution in [3.8, 4) is 0 Å². The maximum atomic E-state index is 5.64. The first-order chi connectivity index (χ1) is 12.7. The molecule has 1 aliphatic carbocycles. The van der Waals surface area contributed by atoms with Crippen molar-refractivity contribution in [1.82, 2.24) is 10.6 Å². The molecule has 0 bridgehead atoms. The van der Waals surface area contributed by atoms with Gasteiger partial charge >= 0.3 is 0 Å². The number of thioether (sulfide) groups is 1. The molecule has 0 amide bonds. The van der Waals surface area contributed by atoms with Gasteiger partial charge in [0, 0.05) is 50.8 Å². The number of nitrogens with zero attached hydrogens (tertiary/aromatic N) is 1. The minimum Gasteiger partial charge on any atom is -0.382 e. The highest BCUT2D eigenvalue weighted by Crippen LogP contribution is 2.41. The van der Waals surface area contributed by atoms with Crippen molar-refractivity contribution in [3.63, 3.8) is 0 Å². The molecule has 1 saturated carbocycles. The smallest absolute Gasteiger partial charge is 0.191 e. The number of ether oxygens (including phenoxy) is 2. The summed E-state index contributed by atoms with van der Waals surface area (Å²) in [6.07, 6.45) is 10.8. The Kier molecular flexibility index (Phi) is 12.6. The molecular weight excluding hydrogens is 473 g/mol. The van der Waals surface area contributed by atoms with Crippen LogP contribution in [0.1, 0.15) is 58.8 Å². The predicted octanol–water partition coefficient (Wildman–Crippen LogP) is 4.06. The van der Waals surface area contributed by atoms with E-state index in [9.17, 15) is 0 Å². The molecule has 0 radical (unpaired) electrons. The first-order valence-electron chi connectivity index (χ1n) is 10.4. The molecule has 2 rings (SSSR count). The zero-order chi connectivity index (χ0) is 18.7. The van der Waals surface area contributed by atoms with Crippen LogP contribution in [0.15, 0.2) is 4.99 Å². The Morgan fingerprint density at radius 2 is 1.81 bits per heavy atom. The van der Waals surface area contributed by atoms with E-state index in [-0.39, 0.29) is 28.7 Å². The molecule has 1 heterocycles. The summed E-state index contributed by atoms with van der Waals surface area (Å²) in [6.45, 7) is 10.4. The van der Waals surface area contributed by atoms with Crippen LogP contribution in [0.25, 0.3) is 0 Å². The minimum absolute atomic E-state index is 0. The van der Waals surface area contributed by atoms with E-state index in [0.29, 0.717) is 5.41 Å². The van der Waals surface area contributed by atoms with Crippen LogP contribution < -0.4 is 10.6 Å². The molecule has 0 unspecified atom stereocenters. The molecule has 0 atom stereocenters. The lowest BCUT2D eigenvalue weighted by atomic mass is 9.83. The lowest BCUT2D eigenvalue weighted by molar-refractivity contribution is 0.0782. The van der Waals surface area contributed by atoms with E-state index >= 15 is 0 Å². The third-order valence-corrected chi connectivity index (χ3v) is 7.40. The van der Waals surface area contributed by atoms with Crippen LogP contribution in [0.5, 0.6) is 0 Å². The average Bonchev–Trinajstić information content (AvgIpc) is 3.14. The second kappa shape index (κ2) is 13.5. The molecule has 0 aromatic carbocycles. The third kappa shape index (κ3) is 8.26. The summed E-state index contributed by atoms with van der Waals surface area (Å²) in [5, 5.41) is 7.06. The van der Waals surface area contributed by atoms with E-state index in [1.165, 1.54) is 25.7 Å². The number of halogens is 1. The molecule has 2 fully saturated rings. The van der Waals surface area contributed by atoms with Crippen molar-refractivity contribution in [2.24, 2.45) is 10.4 Å². The summed E-state index contributed by atoms with van der Waals surface area (Å²) in [6, 6.07) is 0. The highest BCUT2D eigenvalue weighted by atomic mass is 127. The highest BCUT2D eigenvalue weighted by molar-refractivity contribution is 14.0. The zero-order valence-corrected chi connectivity index (χ0v) is 20.6. The van der Waals surface area contributed by atoms with E-state index < -0.39 is 0 Å². The molecule has 2 N–H and O–H groups in total. The monoisotopic (exact) mass is 513 g/mol. The van der Waals surface area contributed by atoms with Crippen molar-refractivity contribution in [2.45, 2.75) is 63.5 Å². The van der Waals surface area contributed by atoms with E-state index in [2.05, 4.69) is 30.7 Å². The summed E-state index contributed by atoms with van der Waals surface area (Å²) >= 11 is 1.97. The fraction of sp³-hybridized carbons (Fsp3) is 0.950. The molecule has 0 aromatic heterocycles. The number of guanidine groups is 1. The number of nitrogens with one attached hydrogen (secondary N) is 2. The minimum atomic E-state index is 0. The van der Waals surface area contributed by atoms with Gasteiger partial charge in [-0.25, -0.2) is 0 Å². The molecule has 160 valence electrons. The number of rotatable bonds is 10. The molecule has 5 nitrogen and oxygen atoms in total. The Morgan fingerprint density at radius 3 is 2.41 bits per heavy atom. The van der Waals surface area contributed by atoms with Gasteiger partial charge in [0.1, 0.15) is 0 Å². The van der Waals surface area contributed by atoms with Crippen molar-refractivity contribution in [3.05, 3.63) is 0 Å². The first kappa shape index (κ1) is 25.3. The first-order valence-corrected chi connectivity index (χ1v) is 11.6. The van der Waals surface area contributed by atoms with Crippen molar-refractivity contribution in [2.75, 3.05) is 52.3 Å². The lowest BCUT2D eigenvalue weighted by Crippen LogP contribution is -2.48. The Bertz CT molecular complexity index is 425. The number of hydrogen-bond acceptors (Lipinski definition) is 4. The van der Waals surface area contributed by atoms with Gasteiger partial charge in [-0.1, -0.05) is 12.8 Å².